The van der Waals surface area contributed by atoms with Crippen molar-refractivity contribution in [2.45, 2.75) is 6.54 Å². The fourth-order valence-electron chi connectivity index (χ4n) is 2.50. The summed E-state index contributed by atoms with van der Waals surface area (Å²) in [5.41, 5.74) is 1.81. The van der Waals surface area contributed by atoms with Gasteiger partial charge in [-0.05, 0) is 42.0 Å². The van der Waals surface area contributed by atoms with Gasteiger partial charge in [-0.3, -0.25) is 0 Å². The molecule has 3 aromatic rings. The van der Waals surface area contributed by atoms with Gasteiger partial charge in [0.15, 0.2) is 0 Å². The van der Waals surface area contributed by atoms with Crippen molar-refractivity contribution in [1.82, 2.24) is 4.57 Å². The molecule has 0 aliphatic carbocycles. The normalized spacial score (nSPS) is 10.8. The van der Waals surface area contributed by atoms with Crippen LogP contribution in [0, 0.1) is 5.82 Å². The molecular weight excluding hydrogens is 285 g/mol. The highest BCUT2D eigenvalue weighted by Crippen LogP contribution is 2.25. The maximum Gasteiger partial charge on any atom is 0.352 e. The number of carbonyl (C=O) groups is 1. The standard InChI is InChI=1S/C17H14FNO3/c1-22-14-6-7-15-12(8-14)9-16(17(20)21)19(15)10-11-2-4-13(18)5-3-11/h2-9H,10H2,1H3,(H,20,21). The molecule has 0 unspecified atom stereocenters. The second-order valence-corrected chi connectivity index (χ2v) is 4.97. The first-order valence-electron chi connectivity index (χ1n) is 6.73. The second-order valence-electron chi connectivity index (χ2n) is 4.97. The first-order valence-corrected chi connectivity index (χ1v) is 6.73. The number of aromatic carboxylic acids is 1. The van der Waals surface area contributed by atoms with Crippen molar-refractivity contribution >= 4 is 16.9 Å². The fourth-order valence-corrected chi connectivity index (χ4v) is 2.50. The van der Waals surface area contributed by atoms with Gasteiger partial charge < -0.3 is 14.4 Å². The Morgan fingerprint density at radius 3 is 2.55 bits per heavy atom. The van der Waals surface area contributed by atoms with Crippen LogP contribution in [0.2, 0.25) is 0 Å². The molecule has 0 fully saturated rings. The van der Waals surface area contributed by atoms with Crippen molar-refractivity contribution in [3.05, 3.63) is 65.6 Å². The molecule has 5 heteroatoms. The predicted molar refractivity (Wildman–Crippen MR) is 81.0 cm³/mol. The molecule has 0 radical (unpaired) electrons. The van der Waals surface area contributed by atoms with E-state index in [1.54, 1.807) is 42.0 Å². The van der Waals surface area contributed by atoms with E-state index < -0.39 is 5.97 Å². The molecule has 0 bridgehead atoms. The van der Waals surface area contributed by atoms with E-state index in [-0.39, 0.29) is 11.5 Å². The summed E-state index contributed by atoms with van der Waals surface area (Å²) in [6.45, 7) is 0.359. The summed E-state index contributed by atoms with van der Waals surface area (Å²) in [5, 5.41) is 10.2. The van der Waals surface area contributed by atoms with Gasteiger partial charge in [-0.1, -0.05) is 12.1 Å². The molecule has 1 aromatic heterocycles. The molecule has 112 valence electrons. The third-order valence-electron chi connectivity index (χ3n) is 3.58. The average Bonchev–Trinajstić information content (AvgIpc) is 2.87. The van der Waals surface area contributed by atoms with E-state index in [1.165, 1.54) is 12.1 Å². The molecule has 0 aliphatic heterocycles. The van der Waals surface area contributed by atoms with Crippen molar-refractivity contribution in [2.75, 3.05) is 7.11 Å². The fraction of sp³-hybridized carbons (Fsp3) is 0.118. The van der Waals surface area contributed by atoms with Crippen LogP contribution in [0.3, 0.4) is 0 Å². The number of nitrogens with zero attached hydrogens (tertiary/aromatic N) is 1. The number of aromatic nitrogens is 1. The lowest BCUT2D eigenvalue weighted by Gasteiger charge is -2.09. The number of ether oxygens (including phenoxy) is 1. The van der Waals surface area contributed by atoms with E-state index in [4.69, 9.17) is 4.74 Å². The Labute approximate surface area is 126 Å². The van der Waals surface area contributed by atoms with E-state index in [9.17, 15) is 14.3 Å². The quantitative estimate of drug-likeness (QED) is 0.801. The molecule has 0 amide bonds. The van der Waals surface area contributed by atoms with Crippen molar-refractivity contribution in [1.29, 1.82) is 0 Å². The summed E-state index contributed by atoms with van der Waals surface area (Å²) in [6, 6.07) is 13.0. The van der Waals surface area contributed by atoms with Gasteiger partial charge in [0.2, 0.25) is 0 Å². The predicted octanol–water partition coefficient (Wildman–Crippen LogP) is 3.54. The molecule has 0 saturated carbocycles. The zero-order valence-corrected chi connectivity index (χ0v) is 11.9. The van der Waals surface area contributed by atoms with Crippen LogP contribution >= 0.6 is 0 Å². The minimum absolute atomic E-state index is 0.188. The van der Waals surface area contributed by atoms with Crippen LogP contribution in [-0.2, 0) is 6.54 Å². The van der Waals surface area contributed by atoms with Crippen LogP contribution in [0.1, 0.15) is 16.1 Å². The first kappa shape index (κ1) is 14.1. The number of halogens is 1. The van der Waals surface area contributed by atoms with Crippen LogP contribution < -0.4 is 4.74 Å². The molecule has 0 atom stereocenters. The monoisotopic (exact) mass is 299 g/mol. The number of hydrogen-bond donors (Lipinski definition) is 1. The molecule has 2 aromatic carbocycles. The number of rotatable bonds is 4. The van der Waals surface area contributed by atoms with Crippen LogP contribution in [0.25, 0.3) is 10.9 Å². The molecule has 0 spiro atoms. The summed E-state index contributed by atoms with van der Waals surface area (Å²) in [4.78, 5) is 11.5. The zero-order chi connectivity index (χ0) is 15.7. The Hall–Kier alpha value is -2.82. The van der Waals surface area contributed by atoms with Crippen molar-refractivity contribution in [3.8, 4) is 5.75 Å². The summed E-state index contributed by atoms with van der Waals surface area (Å²) in [5.74, 6) is -0.648. The number of fused-ring (bicyclic) bond motifs is 1. The van der Waals surface area contributed by atoms with Crippen molar-refractivity contribution < 1.29 is 19.0 Å². The average molecular weight is 299 g/mol. The number of carboxylic acids is 1. The van der Waals surface area contributed by atoms with Gasteiger partial charge in [0.05, 0.1) is 7.11 Å². The molecule has 0 saturated heterocycles. The molecule has 0 aliphatic rings. The van der Waals surface area contributed by atoms with Crippen molar-refractivity contribution in [3.63, 3.8) is 0 Å². The highest BCUT2D eigenvalue weighted by Gasteiger charge is 2.15. The Morgan fingerprint density at radius 1 is 1.18 bits per heavy atom. The van der Waals surface area contributed by atoms with Gasteiger partial charge in [-0.15, -0.1) is 0 Å². The van der Waals surface area contributed by atoms with E-state index in [2.05, 4.69) is 0 Å². The lowest BCUT2D eigenvalue weighted by molar-refractivity contribution is 0.0686. The third kappa shape index (κ3) is 2.53. The van der Waals surface area contributed by atoms with Gasteiger partial charge in [0.25, 0.3) is 0 Å². The maximum atomic E-state index is 13.0. The number of methoxy groups -OCH3 is 1. The SMILES string of the molecule is COc1ccc2c(c1)cc(C(=O)O)n2Cc1ccc(F)cc1. The number of carboxylic acid groups (broad SMARTS) is 1. The van der Waals surface area contributed by atoms with Gasteiger partial charge in [-0.25, -0.2) is 9.18 Å². The van der Waals surface area contributed by atoms with Gasteiger partial charge >= 0.3 is 5.97 Å². The Bertz CT molecular complexity index is 837. The topological polar surface area (TPSA) is 51.5 Å². The van der Waals surface area contributed by atoms with Crippen LogP contribution in [-0.4, -0.2) is 22.8 Å². The lowest BCUT2D eigenvalue weighted by atomic mass is 10.2. The summed E-state index contributed by atoms with van der Waals surface area (Å²) >= 11 is 0. The Kier molecular flexibility index (Phi) is 3.55. The van der Waals surface area contributed by atoms with E-state index in [0.717, 1.165) is 16.5 Å². The first-order chi connectivity index (χ1) is 10.6. The van der Waals surface area contributed by atoms with Gasteiger partial charge in [0, 0.05) is 17.4 Å². The number of benzene rings is 2. The van der Waals surface area contributed by atoms with Crippen LogP contribution in [0.5, 0.6) is 5.75 Å². The summed E-state index contributed by atoms with van der Waals surface area (Å²) < 4.78 is 19.9. The molecule has 3 rings (SSSR count). The summed E-state index contributed by atoms with van der Waals surface area (Å²) in [6.07, 6.45) is 0. The largest absolute Gasteiger partial charge is 0.497 e. The van der Waals surface area contributed by atoms with Crippen molar-refractivity contribution in [2.24, 2.45) is 0 Å². The van der Waals surface area contributed by atoms with E-state index in [0.29, 0.717) is 12.3 Å². The van der Waals surface area contributed by atoms with Crippen LogP contribution in [0.15, 0.2) is 48.5 Å². The molecule has 22 heavy (non-hydrogen) atoms. The second kappa shape index (κ2) is 5.52. The molecule has 1 N–H and O–H groups in total. The van der Waals surface area contributed by atoms with E-state index >= 15 is 0 Å². The Morgan fingerprint density at radius 2 is 1.91 bits per heavy atom. The van der Waals surface area contributed by atoms with Gasteiger partial charge in [-0.2, -0.15) is 0 Å². The number of hydrogen-bond acceptors (Lipinski definition) is 2. The highest BCUT2D eigenvalue weighted by atomic mass is 19.1. The van der Waals surface area contributed by atoms with Gasteiger partial charge in [0.1, 0.15) is 17.3 Å². The highest BCUT2D eigenvalue weighted by molar-refractivity contribution is 5.95. The third-order valence-corrected chi connectivity index (χ3v) is 3.58. The Balaban J connectivity index is 2.11. The minimum Gasteiger partial charge on any atom is -0.497 e. The maximum absolute atomic E-state index is 13.0. The lowest BCUT2D eigenvalue weighted by Crippen LogP contribution is -2.09. The smallest absolute Gasteiger partial charge is 0.352 e. The molecule has 4 nitrogen and oxygen atoms in total. The molecular formula is C17H14FNO3. The van der Waals surface area contributed by atoms with Crippen LogP contribution in [0.4, 0.5) is 4.39 Å². The summed E-state index contributed by atoms with van der Waals surface area (Å²) in [7, 11) is 1.56. The molecule has 1 heterocycles. The van der Waals surface area contributed by atoms with E-state index in [1.807, 2.05) is 6.07 Å². The zero-order valence-electron chi connectivity index (χ0n) is 11.9. The minimum atomic E-state index is -1.00.